The van der Waals surface area contributed by atoms with Crippen LogP contribution in [-0.2, 0) is 0 Å². The summed E-state index contributed by atoms with van der Waals surface area (Å²) in [7, 11) is 0. The highest BCUT2D eigenvalue weighted by molar-refractivity contribution is 9.10. The number of amides is 1. The van der Waals surface area contributed by atoms with Crippen molar-refractivity contribution >= 4 is 27.5 Å². The molecule has 0 aliphatic rings. The molecule has 0 fully saturated rings. The van der Waals surface area contributed by atoms with E-state index in [1.807, 2.05) is 36.4 Å². The summed E-state index contributed by atoms with van der Waals surface area (Å²) in [6.07, 6.45) is 4.77. The summed E-state index contributed by atoms with van der Waals surface area (Å²) in [5.74, 6) is 0.710. The fourth-order valence-corrected chi connectivity index (χ4v) is 2.59. The molecule has 0 atom stereocenters. The summed E-state index contributed by atoms with van der Waals surface area (Å²) in [5.41, 5.74) is 1.38. The maximum Gasteiger partial charge on any atom is 0.255 e. The van der Waals surface area contributed by atoms with Gasteiger partial charge in [0.2, 0.25) is 0 Å². The second-order valence-electron chi connectivity index (χ2n) is 5.40. The number of ether oxygens (including phenoxy) is 1. The van der Waals surface area contributed by atoms with Gasteiger partial charge in [0.05, 0.1) is 6.61 Å². The van der Waals surface area contributed by atoms with E-state index in [-0.39, 0.29) is 5.91 Å². The van der Waals surface area contributed by atoms with Gasteiger partial charge in [-0.15, -0.1) is 0 Å². The third kappa shape index (κ3) is 6.06. The van der Waals surface area contributed by atoms with Gasteiger partial charge in [-0.3, -0.25) is 4.79 Å². The van der Waals surface area contributed by atoms with Crippen LogP contribution in [0.3, 0.4) is 0 Å². The number of hydrogen-bond donors (Lipinski definition) is 1. The van der Waals surface area contributed by atoms with Crippen LogP contribution in [0.5, 0.6) is 5.75 Å². The number of anilines is 1. The van der Waals surface area contributed by atoms with Crippen molar-refractivity contribution in [3.8, 4) is 5.75 Å². The third-order valence-electron chi connectivity index (χ3n) is 3.47. The van der Waals surface area contributed by atoms with Gasteiger partial charge in [0.15, 0.2) is 0 Å². The van der Waals surface area contributed by atoms with E-state index in [0.29, 0.717) is 5.56 Å². The summed E-state index contributed by atoms with van der Waals surface area (Å²) in [4.78, 5) is 12.2. The topological polar surface area (TPSA) is 38.3 Å². The predicted octanol–water partition coefficient (Wildman–Crippen LogP) is 5.66. The Balaban J connectivity index is 1.83. The van der Waals surface area contributed by atoms with Gasteiger partial charge in [-0.1, -0.05) is 48.2 Å². The number of halogens is 1. The van der Waals surface area contributed by atoms with Crippen LogP contribution in [0, 0.1) is 0 Å². The minimum Gasteiger partial charge on any atom is -0.494 e. The van der Waals surface area contributed by atoms with Gasteiger partial charge in [-0.2, -0.15) is 0 Å². The Morgan fingerprint density at radius 1 is 1.09 bits per heavy atom. The number of nitrogens with one attached hydrogen (secondary N) is 1. The Bertz CT molecular complexity index is 626. The lowest BCUT2D eigenvalue weighted by molar-refractivity contribution is 0.102. The van der Waals surface area contributed by atoms with Crippen LogP contribution >= 0.6 is 15.9 Å². The molecule has 0 aromatic heterocycles. The van der Waals surface area contributed by atoms with Crippen LogP contribution in [0.2, 0.25) is 0 Å². The van der Waals surface area contributed by atoms with Crippen LogP contribution in [0.1, 0.15) is 43.0 Å². The number of rotatable bonds is 8. The van der Waals surface area contributed by atoms with Crippen molar-refractivity contribution in [2.75, 3.05) is 11.9 Å². The van der Waals surface area contributed by atoms with Crippen molar-refractivity contribution < 1.29 is 9.53 Å². The molecule has 0 heterocycles. The number of carbonyl (C=O) groups is 1. The van der Waals surface area contributed by atoms with Gasteiger partial charge >= 0.3 is 0 Å². The molecule has 1 N–H and O–H groups in total. The smallest absolute Gasteiger partial charge is 0.255 e. The summed E-state index contributed by atoms with van der Waals surface area (Å²) < 4.78 is 6.58. The lowest BCUT2D eigenvalue weighted by Gasteiger charge is -2.08. The summed E-state index contributed by atoms with van der Waals surface area (Å²) in [5, 5.41) is 2.88. The van der Waals surface area contributed by atoms with Crippen LogP contribution in [-0.4, -0.2) is 12.5 Å². The molecule has 1 amide bonds. The van der Waals surface area contributed by atoms with E-state index in [1.54, 1.807) is 12.1 Å². The van der Waals surface area contributed by atoms with Gasteiger partial charge in [-0.05, 0) is 48.9 Å². The average molecular weight is 376 g/mol. The first-order chi connectivity index (χ1) is 11.2. The summed E-state index contributed by atoms with van der Waals surface area (Å²) >= 11 is 3.37. The molecule has 3 nitrogen and oxygen atoms in total. The maximum atomic E-state index is 12.2. The average Bonchev–Trinajstić information content (AvgIpc) is 2.56. The Morgan fingerprint density at radius 2 is 1.87 bits per heavy atom. The molecule has 0 unspecified atom stereocenters. The summed E-state index contributed by atoms with van der Waals surface area (Å²) in [6.45, 7) is 2.94. The van der Waals surface area contributed by atoms with Crippen molar-refractivity contribution in [2.45, 2.75) is 32.6 Å². The molecule has 2 aromatic carbocycles. The normalized spacial score (nSPS) is 10.3. The number of benzene rings is 2. The minimum atomic E-state index is -0.125. The van der Waals surface area contributed by atoms with E-state index in [1.165, 1.54) is 19.3 Å². The molecule has 0 spiro atoms. The quantitative estimate of drug-likeness (QED) is 0.604. The molecule has 2 rings (SSSR count). The molecule has 0 aliphatic carbocycles. The second kappa shape index (κ2) is 9.36. The highest BCUT2D eigenvalue weighted by Gasteiger charge is 2.06. The van der Waals surface area contributed by atoms with E-state index in [0.717, 1.165) is 28.9 Å². The fourth-order valence-electron chi connectivity index (χ4n) is 2.19. The first-order valence-electron chi connectivity index (χ1n) is 7.99. The van der Waals surface area contributed by atoms with Crippen molar-refractivity contribution in [3.63, 3.8) is 0 Å². The molecule has 0 bridgehead atoms. The molecule has 0 saturated heterocycles. The van der Waals surface area contributed by atoms with Crippen LogP contribution in [0.4, 0.5) is 5.69 Å². The summed E-state index contributed by atoms with van der Waals surface area (Å²) in [6, 6.07) is 14.8. The van der Waals surface area contributed by atoms with Gasteiger partial charge in [0.25, 0.3) is 5.91 Å². The minimum absolute atomic E-state index is 0.125. The van der Waals surface area contributed by atoms with E-state index >= 15 is 0 Å². The SMILES string of the molecule is CCCCCCOc1ccc(NC(=O)c2cccc(Br)c2)cc1. The van der Waals surface area contributed by atoms with Gasteiger partial charge in [0, 0.05) is 15.7 Å². The van der Waals surface area contributed by atoms with E-state index < -0.39 is 0 Å². The standard InChI is InChI=1S/C19H22BrNO2/c1-2-3-4-5-13-23-18-11-9-17(10-12-18)21-19(22)15-7-6-8-16(20)14-15/h6-12,14H,2-5,13H2,1H3,(H,21,22). The second-order valence-corrected chi connectivity index (χ2v) is 6.31. The molecular weight excluding hydrogens is 354 g/mol. The van der Waals surface area contributed by atoms with Crippen molar-refractivity contribution in [1.82, 2.24) is 0 Å². The maximum absolute atomic E-state index is 12.2. The van der Waals surface area contributed by atoms with Gasteiger partial charge in [-0.25, -0.2) is 0 Å². The Kier molecular flexibility index (Phi) is 7.14. The molecule has 122 valence electrons. The zero-order valence-electron chi connectivity index (χ0n) is 13.3. The highest BCUT2D eigenvalue weighted by atomic mass is 79.9. The van der Waals surface area contributed by atoms with Crippen molar-refractivity contribution in [2.24, 2.45) is 0 Å². The molecular formula is C19H22BrNO2. The van der Waals surface area contributed by atoms with Gasteiger partial charge < -0.3 is 10.1 Å². The largest absolute Gasteiger partial charge is 0.494 e. The van der Waals surface area contributed by atoms with Crippen LogP contribution in [0.15, 0.2) is 53.0 Å². The molecule has 0 saturated carbocycles. The first kappa shape index (κ1) is 17.5. The zero-order chi connectivity index (χ0) is 16.5. The monoisotopic (exact) mass is 375 g/mol. The molecule has 23 heavy (non-hydrogen) atoms. The predicted molar refractivity (Wildman–Crippen MR) is 98.2 cm³/mol. The lowest BCUT2D eigenvalue weighted by Crippen LogP contribution is -2.11. The number of carbonyl (C=O) groups excluding carboxylic acids is 1. The molecule has 4 heteroatoms. The molecule has 0 radical (unpaired) electrons. The van der Waals surface area contributed by atoms with Crippen LogP contribution in [0.25, 0.3) is 0 Å². The van der Waals surface area contributed by atoms with E-state index in [9.17, 15) is 4.79 Å². The number of unbranched alkanes of at least 4 members (excludes halogenated alkanes) is 3. The Labute approximate surface area is 146 Å². The Hall–Kier alpha value is -1.81. The lowest BCUT2D eigenvalue weighted by atomic mass is 10.2. The van der Waals surface area contributed by atoms with Gasteiger partial charge in [0.1, 0.15) is 5.75 Å². The van der Waals surface area contributed by atoms with E-state index in [2.05, 4.69) is 28.2 Å². The van der Waals surface area contributed by atoms with Crippen molar-refractivity contribution in [1.29, 1.82) is 0 Å². The molecule has 0 aliphatic heterocycles. The van der Waals surface area contributed by atoms with Crippen molar-refractivity contribution in [3.05, 3.63) is 58.6 Å². The number of hydrogen-bond acceptors (Lipinski definition) is 2. The Morgan fingerprint density at radius 3 is 2.57 bits per heavy atom. The highest BCUT2D eigenvalue weighted by Crippen LogP contribution is 2.18. The zero-order valence-corrected chi connectivity index (χ0v) is 14.9. The van der Waals surface area contributed by atoms with E-state index in [4.69, 9.17) is 4.74 Å². The molecule has 2 aromatic rings. The first-order valence-corrected chi connectivity index (χ1v) is 8.78. The third-order valence-corrected chi connectivity index (χ3v) is 3.96. The fraction of sp³-hybridized carbons (Fsp3) is 0.316. The van der Waals surface area contributed by atoms with Crippen LogP contribution < -0.4 is 10.1 Å².